The summed E-state index contributed by atoms with van der Waals surface area (Å²) in [5.74, 6) is -0.335. The Kier molecular flexibility index (Phi) is 4.30. The highest BCUT2D eigenvalue weighted by atomic mass is 35.5. The summed E-state index contributed by atoms with van der Waals surface area (Å²) in [5, 5.41) is -0.712. The molecular formula is C10H15ClF3NO2. The highest BCUT2D eigenvalue weighted by Gasteiger charge is 2.56. The van der Waals surface area contributed by atoms with Crippen LogP contribution < -0.4 is 0 Å². The Labute approximate surface area is 103 Å². The smallest absolute Gasteiger partial charge is 0.369 e. The standard InChI is InChI=1S/C10H15ClF3NO2/c1-7(11)8(16)15-5-3-9(17-2,4-6-15)10(12,13)14/h7H,3-6H2,1-2H3/t7-/m1/s1. The average Bonchev–Trinajstić information content (AvgIpc) is 2.26. The summed E-state index contributed by atoms with van der Waals surface area (Å²) in [5.41, 5.74) is -2.13. The van der Waals surface area contributed by atoms with Crippen LogP contribution in [0.2, 0.25) is 0 Å². The lowest BCUT2D eigenvalue weighted by atomic mass is 9.90. The molecule has 0 saturated carbocycles. The molecule has 1 saturated heterocycles. The Morgan fingerprint density at radius 3 is 2.18 bits per heavy atom. The van der Waals surface area contributed by atoms with Crippen molar-refractivity contribution in [2.45, 2.75) is 36.9 Å². The van der Waals surface area contributed by atoms with Crippen LogP contribution in [-0.2, 0) is 9.53 Å². The van der Waals surface area contributed by atoms with Crippen LogP contribution in [0.5, 0.6) is 0 Å². The van der Waals surface area contributed by atoms with Crippen molar-refractivity contribution in [3.8, 4) is 0 Å². The first-order valence-electron chi connectivity index (χ1n) is 5.28. The third kappa shape index (κ3) is 2.85. The minimum Gasteiger partial charge on any atom is -0.369 e. The number of carbonyl (C=O) groups excluding carboxylic acids is 1. The number of ether oxygens (including phenoxy) is 1. The second kappa shape index (κ2) is 5.02. The number of hydrogen-bond donors (Lipinski definition) is 0. The molecule has 0 aromatic rings. The van der Waals surface area contributed by atoms with E-state index in [-0.39, 0.29) is 31.8 Å². The molecule has 1 amide bonds. The van der Waals surface area contributed by atoms with Crippen LogP contribution in [0.25, 0.3) is 0 Å². The van der Waals surface area contributed by atoms with E-state index in [9.17, 15) is 18.0 Å². The molecular weight excluding hydrogens is 259 g/mol. The first kappa shape index (κ1) is 14.6. The van der Waals surface area contributed by atoms with E-state index in [1.165, 1.54) is 11.8 Å². The van der Waals surface area contributed by atoms with Gasteiger partial charge in [-0.05, 0) is 6.92 Å². The summed E-state index contributed by atoms with van der Waals surface area (Å²) < 4.78 is 43.1. The lowest BCUT2D eigenvalue weighted by Crippen LogP contribution is -2.56. The average molecular weight is 274 g/mol. The van der Waals surface area contributed by atoms with Gasteiger partial charge in [0.2, 0.25) is 5.91 Å². The number of piperidine rings is 1. The van der Waals surface area contributed by atoms with E-state index in [4.69, 9.17) is 11.6 Å². The maximum atomic E-state index is 12.8. The Hall–Kier alpha value is -0.490. The fourth-order valence-electron chi connectivity index (χ4n) is 1.94. The Bertz CT molecular complexity index is 286. The van der Waals surface area contributed by atoms with Crippen LogP contribution in [0.15, 0.2) is 0 Å². The maximum Gasteiger partial charge on any atom is 0.417 e. The van der Waals surface area contributed by atoms with Crippen molar-refractivity contribution in [1.29, 1.82) is 0 Å². The van der Waals surface area contributed by atoms with Crippen LogP contribution in [0.3, 0.4) is 0 Å². The molecule has 1 aliphatic heterocycles. The number of methoxy groups -OCH3 is 1. The van der Waals surface area contributed by atoms with Crippen molar-refractivity contribution in [1.82, 2.24) is 4.90 Å². The largest absolute Gasteiger partial charge is 0.417 e. The number of carbonyl (C=O) groups is 1. The zero-order valence-electron chi connectivity index (χ0n) is 9.68. The predicted octanol–water partition coefficient (Wildman–Crippen LogP) is 2.18. The molecule has 100 valence electrons. The third-order valence-corrected chi connectivity index (χ3v) is 3.32. The van der Waals surface area contributed by atoms with Crippen molar-refractivity contribution < 1.29 is 22.7 Å². The number of alkyl halides is 4. The molecule has 0 unspecified atom stereocenters. The van der Waals surface area contributed by atoms with E-state index in [1.54, 1.807) is 0 Å². The first-order chi connectivity index (χ1) is 7.73. The molecule has 1 aliphatic rings. The normalized spacial score (nSPS) is 22.4. The number of likely N-dealkylation sites (tertiary alicyclic amines) is 1. The summed E-state index contributed by atoms with van der Waals surface area (Å²) in [7, 11) is 1.05. The molecule has 0 radical (unpaired) electrons. The zero-order chi connectivity index (χ0) is 13.3. The Morgan fingerprint density at radius 2 is 1.88 bits per heavy atom. The van der Waals surface area contributed by atoms with Crippen molar-refractivity contribution in [2.75, 3.05) is 20.2 Å². The second-order valence-corrected chi connectivity index (χ2v) is 4.79. The van der Waals surface area contributed by atoms with Gasteiger partial charge in [-0.25, -0.2) is 0 Å². The molecule has 17 heavy (non-hydrogen) atoms. The van der Waals surface area contributed by atoms with E-state index >= 15 is 0 Å². The number of halogens is 4. The van der Waals surface area contributed by atoms with Gasteiger partial charge >= 0.3 is 6.18 Å². The molecule has 0 spiro atoms. The Balaban J connectivity index is 2.69. The molecule has 0 aromatic carbocycles. The van der Waals surface area contributed by atoms with Crippen LogP contribution in [0.4, 0.5) is 13.2 Å². The first-order valence-corrected chi connectivity index (χ1v) is 5.72. The van der Waals surface area contributed by atoms with Crippen LogP contribution >= 0.6 is 11.6 Å². The molecule has 3 nitrogen and oxygen atoms in total. The highest BCUT2D eigenvalue weighted by molar-refractivity contribution is 6.30. The van der Waals surface area contributed by atoms with Gasteiger partial charge in [0.15, 0.2) is 5.60 Å². The molecule has 0 aliphatic carbocycles. The minimum absolute atomic E-state index is 0.0171. The van der Waals surface area contributed by atoms with E-state index in [1.807, 2.05) is 0 Å². The maximum absolute atomic E-state index is 12.8. The van der Waals surface area contributed by atoms with E-state index in [2.05, 4.69) is 4.74 Å². The van der Waals surface area contributed by atoms with Gasteiger partial charge in [-0.15, -0.1) is 11.6 Å². The van der Waals surface area contributed by atoms with E-state index < -0.39 is 17.2 Å². The zero-order valence-corrected chi connectivity index (χ0v) is 10.4. The van der Waals surface area contributed by atoms with Crippen LogP contribution in [-0.4, -0.2) is 48.2 Å². The number of rotatable bonds is 2. The molecule has 1 rings (SSSR count). The molecule has 0 aromatic heterocycles. The Morgan fingerprint density at radius 1 is 1.41 bits per heavy atom. The topological polar surface area (TPSA) is 29.5 Å². The van der Waals surface area contributed by atoms with Crippen molar-refractivity contribution >= 4 is 17.5 Å². The molecule has 1 fully saturated rings. The van der Waals surface area contributed by atoms with E-state index in [0.29, 0.717) is 0 Å². The van der Waals surface area contributed by atoms with Gasteiger partial charge in [-0.1, -0.05) is 0 Å². The van der Waals surface area contributed by atoms with Crippen molar-refractivity contribution in [2.24, 2.45) is 0 Å². The van der Waals surface area contributed by atoms with Crippen molar-refractivity contribution in [3.63, 3.8) is 0 Å². The predicted molar refractivity (Wildman–Crippen MR) is 56.9 cm³/mol. The lowest BCUT2D eigenvalue weighted by Gasteiger charge is -2.41. The third-order valence-electron chi connectivity index (χ3n) is 3.13. The van der Waals surface area contributed by atoms with Crippen LogP contribution in [0, 0.1) is 0 Å². The fourth-order valence-corrected chi connectivity index (χ4v) is 2.08. The quantitative estimate of drug-likeness (QED) is 0.722. The molecule has 1 atom stereocenters. The molecule has 7 heteroatoms. The van der Waals surface area contributed by atoms with Crippen LogP contribution in [0.1, 0.15) is 19.8 Å². The van der Waals surface area contributed by atoms with Gasteiger partial charge in [0, 0.05) is 33.0 Å². The fraction of sp³-hybridized carbons (Fsp3) is 0.900. The summed E-state index contributed by atoms with van der Waals surface area (Å²) >= 11 is 5.61. The molecule has 0 bridgehead atoms. The number of amides is 1. The van der Waals surface area contributed by atoms with Gasteiger partial charge in [0.25, 0.3) is 0 Å². The number of nitrogens with zero attached hydrogens (tertiary/aromatic N) is 1. The SMILES string of the molecule is COC1(C(F)(F)F)CCN(C(=O)[C@@H](C)Cl)CC1. The summed E-state index contributed by atoms with van der Waals surface area (Å²) in [4.78, 5) is 12.9. The monoisotopic (exact) mass is 273 g/mol. The molecule has 1 heterocycles. The summed E-state index contributed by atoms with van der Waals surface area (Å²) in [6.07, 6.45) is -4.91. The van der Waals surface area contributed by atoms with Gasteiger partial charge in [0.1, 0.15) is 5.38 Å². The highest BCUT2D eigenvalue weighted by Crippen LogP contribution is 2.41. The summed E-state index contributed by atoms with van der Waals surface area (Å²) in [6, 6.07) is 0. The van der Waals surface area contributed by atoms with Gasteiger partial charge in [0.05, 0.1) is 0 Å². The minimum atomic E-state index is -4.41. The summed E-state index contributed by atoms with van der Waals surface area (Å²) in [6.45, 7) is 1.54. The second-order valence-electron chi connectivity index (χ2n) is 4.14. The van der Waals surface area contributed by atoms with Gasteiger partial charge in [-0.2, -0.15) is 13.2 Å². The lowest BCUT2D eigenvalue weighted by molar-refractivity contribution is -0.281. The van der Waals surface area contributed by atoms with Gasteiger partial charge in [-0.3, -0.25) is 4.79 Å². The van der Waals surface area contributed by atoms with E-state index in [0.717, 1.165) is 7.11 Å². The van der Waals surface area contributed by atoms with Crippen molar-refractivity contribution in [3.05, 3.63) is 0 Å². The molecule has 0 N–H and O–H groups in total. The number of hydrogen-bond acceptors (Lipinski definition) is 2. The van der Waals surface area contributed by atoms with Gasteiger partial charge < -0.3 is 9.64 Å².